The molecule has 0 N–H and O–H groups in total. The number of aromatic nitrogens is 3. The molecule has 2 aromatic rings. The predicted octanol–water partition coefficient (Wildman–Crippen LogP) is 3.43. The maximum atomic E-state index is 11.9. The van der Waals surface area contributed by atoms with Gasteiger partial charge in [0.05, 0.1) is 17.9 Å². The molecule has 0 amide bonds. The van der Waals surface area contributed by atoms with E-state index < -0.39 is 0 Å². The summed E-state index contributed by atoms with van der Waals surface area (Å²) in [5.74, 6) is 0.117. The summed E-state index contributed by atoms with van der Waals surface area (Å²) >= 11 is 3.43. The molecule has 0 fully saturated rings. The molecule has 0 saturated heterocycles. The maximum Gasteiger partial charge on any atom is 0.341 e. The summed E-state index contributed by atoms with van der Waals surface area (Å²) in [6, 6.07) is 3.71. The van der Waals surface area contributed by atoms with Crippen molar-refractivity contribution in [3.63, 3.8) is 0 Å². The number of nitrogens with zero attached hydrogens (tertiary/aromatic N) is 3. The number of halogens is 1. The van der Waals surface area contributed by atoms with Crippen LogP contribution in [0.5, 0.6) is 0 Å². The van der Waals surface area contributed by atoms with Crippen LogP contribution in [0.3, 0.4) is 0 Å². The van der Waals surface area contributed by atoms with Gasteiger partial charge in [-0.25, -0.2) is 14.8 Å². The lowest BCUT2D eigenvalue weighted by Gasteiger charge is -2.09. The molecule has 0 bridgehead atoms. The second-order valence-corrected chi connectivity index (χ2v) is 5.21. The summed E-state index contributed by atoms with van der Waals surface area (Å²) in [6.07, 6.45) is 4.77. The molecule has 0 atom stereocenters. The van der Waals surface area contributed by atoms with Gasteiger partial charge in [0.15, 0.2) is 5.82 Å². The van der Waals surface area contributed by atoms with Gasteiger partial charge in [0.25, 0.3) is 0 Å². The van der Waals surface area contributed by atoms with Crippen LogP contribution in [0.25, 0.3) is 11.5 Å². The van der Waals surface area contributed by atoms with Crippen molar-refractivity contribution in [2.45, 2.75) is 26.7 Å². The third-order valence-corrected chi connectivity index (χ3v) is 3.46. The largest absolute Gasteiger partial charge is 0.462 e. The van der Waals surface area contributed by atoms with Gasteiger partial charge in [0.1, 0.15) is 5.69 Å². The topological polar surface area (TPSA) is 65.0 Å². The summed E-state index contributed by atoms with van der Waals surface area (Å²) in [5, 5.41) is 0. The lowest BCUT2D eigenvalue weighted by atomic mass is 10.1. The zero-order chi connectivity index (χ0) is 15.2. The lowest BCUT2D eigenvalue weighted by molar-refractivity contribution is 0.0524. The molecule has 2 heterocycles. The Bertz CT molecular complexity index is 647. The highest BCUT2D eigenvalue weighted by Crippen LogP contribution is 2.23. The average Bonchev–Trinajstić information content (AvgIpc) is 2.48. The summed E-state index contributed by atoms with van der Waals surface area (Å²) in [7, 11) is 0. The van der Waals surface area contributed by atoms with Crippen molar-refractivity contribution in [2.24, 2.45) is 0 Å². The minimum Gasteiger partial charge on any atom is -0.462 e. The molecule has 0 saturated carbocycles. The van der Waals surface area contributed by atoms with E-state index in [9.17, 15) is 4.79 Å². The van der Waals surface area contributed by atoms with Gasteiger partial charge in [-0.15, -0.1) is 0 Å². The molecule has 0 unspecified atom stereocenters. The van der Waals surface area contributed by atoms with Crippen molar-refractivity contribution in [2.75, 3.05) is 6.61 Å². The predicted molar refractivity (Wildman–Crippen MR) is 82.9 cm³/mol. The monoisotopic (exact) mass is 349 g/mol. The van der Waals surface area contributed by atoms with Gasteiger partial charge in [-0.3, -0.25) is 4.98 Å². The van der Waals surface area contributed by atoms with Gasteiger partial charge in [-0.2, -0.15) is 0 Å². The molecule has 0 spiro atoms. The highest BCUT2D eigenvalue weighted by molar-refractivity contribution is 9.10. The first-order valence-electron chi connectivity index (χ1n) is 6.81. The first-order valence-corrected chi connectivity index (χ1v) is 7.60. The summed E-state index contributed by atoms with van der Waals surface area (Å²) in [4.78, 5) is 24.9. The van der Waals surface area contributed by atoms with E-state index in [-0.39, 0.29) is 5.97 Å². The molecule has 0 radical (unpaired) electrons. The van der Waals surface area contributed by atoms with E-state index in [0.29, 0.717) is 35.8 Å². The zero-order valence-corrected chi connectivity index (χ0v) is 13.6. The number of pyridine rings is 1. The Balaban J connectivity index is 2.45. The molecule has 2 aromatic heterocycles. The molecule has 0 aromatic carbocycles. The van der Waals surface area contributed by atoms with Crippen LogP contribution < -0.4 is 0 Å². The quantitative estimate of drug-likeness (QED) is 0.773. The Hall–Kier alpha value is -1.82. The van der Waals surface area contributed by atoms with Crippen LogP contribution in [0.15, 0.2) is 29.0 Å². The minimum atomic E-state index is -0.382. The number of carbonyl (C=O) groups excluding carboxylic acids is 1. The number of rotatable bonds is 5. The van der Waals surface area contributed by atoms with Crippen LogP contribution >= 0.6 is 15.9 Å². The molecular formula is C15H16BrN3O2. The molecule has 2 rings (SSSR count). The van der Waals surface area contributed by atoms with Crippen LogP contribution in [0, 0.1) is 0 Å². The van der Waals surface area contributed by atoms with Crippen molar-refractivity contribution in [3.8, 4) is 11.5 Å². The number of ether oxygens (including phenoxy) is 1. The van der Waals surface area contributed by atoms with E-state index in [1.54, 1.807) is 13.1 Å². The standard InChI is InChI=1S/C15H16BrN3O2/c1-3-6-12-10(15(20)21-4-2)9-18-14(19-12)13-11(16)7-5-8-17-13/h5,7-9H,3-4,6H2,1-2H3. The fraction of sp³-hybridized carbons (Fsp3) is 0.333. The number of aryl methyl sites for hydroxylation is 1. The SMILES string of the molecule is CCCc1nc(-c2ncccc2Br)ncc1C(=O)OCC. The summed E-state index contributed by atoms with van der Waals surface area (Å²) < 4.78 is 5.86. The molecule has 5 nitrogen and oxygen atoms in total. The number of carbonyl (C=O) groups is 1. The third kappa shape index (κ3) is 3.64. The van der Waals surface area contributed by atoms with Gasteiger partial charge in [0.2, 0.25) is 0 Å². The van der Waals surface area contributed by atoms with Crippen molar-refractivity contribution < 1.29 is 9.53 Å². The van der Waals surface area contributed by atoms with E-state index >= 15 is 0 Å². The van der Waals surface area contributed by atoms with Crippen molar-refractivity contribution in [3.05, 3.63) is 40.3 Å². The molecule has 110 valence electrons. The molecule has 0 aliphatic heterocycles. The zero-order valence-electron chi connectivity index (χ0n) is 12.0. The van der Waals surface area contributed by atoms with E-state index in [2.05, 4.69) is 30.9 Å². The van der Waals surface area contributed by atoms with Crippen molar-refractivity contribution in [1.29, 1.82) is 0 Å². The van der Waals surface area contributed by atoms with Gasteiger partial charge in [-0.1, -0.05) is 13.3 Å². The fourth-order valence-corrected chi connectivity index (χ4v) is 2.32. The Morgan fingerprint density at radius 3 is 2.81 bits per heavy atom. The highest BCUT2D eigenvalue weighted by Gasteiger charge is 2.17. The van der Waals surface area contributed by atoms with Crippen LogP contribution in [0.1, 0.15) is 36.3 Å². The lowest BCUT2D eigenvalue weighted by Crippen LogP contribution is -2.11. The first kappa shape index (κ1) is 15.6. The van der Waals surface area contributed by atoms with Gasteiger partial charge < -0.3 is 4.74 Å². The molecular weight excluding hydrogens is 334 g/mol. The third-order valence-electron chi connectivity index (χ3n) is 2.82. The molecule has 21 heavy (non-hydrogen) atoms. The van der Waals surface area contributed by atoms with Crippen molar-refractivity contribution in [1.82, 2.24) is 15.0 Å². The first-order chi connectivity index (χ1) is 10.2. The fourth-order valence-electron chi connectivity index (χ4n) is 1.89. The van der Waals surface area contributed by atoms with Crippen LogP contribution in [-0.4, -0.2) is 27.5 Å². The Morgan fingerprint density at radius 1 is 1.33 bits per heavy atom. The van der Waals surface area contributed by atoms with Gasteiger partial charge in [0, 0.05) is 16.9 Å². The van der Waals surface area contributed by atoms with Crippen LogP contribution in [0.2, 0.25) is 0 Å². The van der Waals surface area contributed by atoms with E-state index in [1.807, 2.05) is 19.1 Å². The van der Waals surface area contributed by atoms with E-state index in [4.69, 9.17) is 4.74 Å². The minimum absolute atomic E-state index is 0.331. The van der Waals surface area contributed by atoms with Gasteiger partial charge >= 0.3 is 5.97 Å². The Labute approximate surface area is 131 Å². The molecule has 0 aliphatic rings. The maximum absolute atomic E-state index is 11.9. The Morgan fingerprint density at radius 2 is 2.14 bits per heavy atom. The average molecular weight is 350 g/mol. The smallest absolute Gasteiger partial charge is 0.341 e. The number of hydrogen-bond acceptors (Lipinski definition) is 5. The second-order valence-electron chi connectivity index (χ2n) is 4.36. The number of hydrogen-bond donors (Lipinski definition) is 0. The van der Waals surface area contributed by atoms with Crippen molar-refractivity contribution >= 4 is 21.9 Å². The summed E-state index contributed by atoms with van der Waals surface area (Å²) in [6.45, 7) is 4.14. The second kappa shape index (κ2) is 7.26. The van der Waals surface area contributed by atoms with Crippen LogP contribution in [-0.2, 0) is 11.2 Å². The Kier molecular flexibility index (Phi) is 5.38. The van der Waals surface area contributed by atoms with Crippen LogP contribution in [0.4, 0.5) is 0 Å². The highest BCUT2D eigenvalue weighted by atomic mass is 79.9. The number of esters is 1. The molecule has 0 aliphatic carbocycles. The van der Waals surface area contributed by atoms with E-state index in [0.717, 1.165) is 10.9 Å². The normalized spacial score (nSPS) is 10.4. The summed E-state index contributed by atoms with van der Waals surface area (Å²) in [5.41, 5.74) is 1.78. The molecule has 6 heteroatoms. The van der Waals surface area contributed by atoms with E-state index in [1.165, 1.54) is 6.20 Å². The van der Waals surface area contributed by atoms with Gasteiger partial charge in [-0.05, 0) is 41.4 Å².